The molecule has 202 valence electrons. The van der Waals surface area contributed by atoms with Crippen molar-refractivity contribution in [3.8, 4) is 17.2 Å². The zero-order valence-corrected chi connectivity index (χ0v) is 23.7. The monoisotopic (exact) mass is 536 g/mol. The van der Waals surface area contributed by atoms with Gasteiger partial charge in [-0.1, -0.05) is 26.8 Å². The SMILES string of the molecule is COc1ccc(NC(=O)c2c(NC(=O)Cc3ccc(OC)c(OC)c3)sc3c2CCC(C(C)(C)C)C3)cc1. The van der Waals surface area contributed by atoms with Gasteiger partial charge in [-0.15, -0.1) is 11.3 Å². The maximum atomic E-state index is 13.6. The highest BCUT2D eigenvalue weighted by Gasteiger charge is 2.34. The van der Waals surface area contributed by atoms with Crippen LogP contribution in [0.25, 0.3) is 0 Å². The Morgan fingerprint density at radius 3 is 2.29 bits per heavy atom. The van der Waals surface area contributed by atoms with Crippen LogP contribution < -0.4 is 24.8 Å². The van der Waals surface area contributed by atoms with Gasteiger partial charge < -0.3 is 24.8 Å². The zero-order chi connectivity index (χ0) is 27.4. The molecule has 1 aliphatic rings. The van der Waals surface area contributed by atoms with Crippen molar-refractivity contribution < 1.29 is 23.8 Å². The number of hydrogen-bond acceptors (Lipinski definition) is 6. The van der Waals surface area contributed by atoms with Crippen LogP contribution in [0.1, 0.15) is 53.6 Å². The molecule has 38 heavy (non-hydrogen) atoms. The lowest BCUT2D eigenvalue weighted by Crippen LogP contribution is -2.27. The van der Waals surface area contributed by atoms with Crippen LogP contribution in [-0.2, 0) is 24.1 Å². The van der Waals surface area contributed by atoms with E-state index < -0.39 is 0 Å². The standard InChI is InChI=1S/C30H36N2O5S/c1-30(2,3)19-8-13-22-25(17-19)38-29(27(22)28(34)31-20-9-11-21(35-4)12-10-20)32-26(33)16-18-7-14-23(36-5)24(15-18)37-6/h7,9-12,14-15,19H,8,13,16-17H2,1-6H3,(H,31,34)(H,32,33). The van der Waals surface area contributed by atoms with Gasteiger partial charge in [-0.05, 0) is 78.1 Å². The Balaban J connectivity index is 1.60. The largest absolute Gasteiger partial charge is 0.497 e. The van der Waals surface area contributed by atoms with Gasteiger partial charge in [-0.2, -0.15) is 0 Å². The molecule has 7 nitrogen and oxygen atoms in total. The van der Waals surface area contributed by atoms with Gasteiger partial charge >= 0.3 is 0 Å². The van der Waals surface area contributed by atoms with Gasteiger partial charge in [0.2, 0.25) is 5.91 Å². The molecule has 4 rings (SSSR count). The van der Waals surface area contributed by atoms with Crippen molar-refractivity contribution in [2.45, 2.75) is 46.5 Å². The Morgan fingerprint density at radius 1 is 0.947 bits per heavy atom. The zero-order valence-electron chi connectivity index (χ0n) is 22.9. The average Bonchev–Trinajstić information content (AvgIpc) is 3.25. The second-order valence-corrected chi connectivity index (χ2v) is 11.7. The third-order valence-corrected chi connectivity index (χ3v) is 8.30. The van der Waals surface area contributed by atoms with E-state index in [9.17, 15) is 9.59 Å². The minimum Gasteiger partial charge on any atom is -0.497 e. The van der Waals surface area contributed by atoms with Gasteiger partial charge in [0.15, 0.2) is 11.5 Å². The Labute approximate surface area is 228 Å². The summed E-state index contributed by atoms with van der Waals surface area (Å²) in [5.41, 5.74) is 3.24. The topological polar surface area (TPSA) is 85.9 Å². The first kappa shape index (κ1) is 27.5. The van der Waals surface area contributed by atoms with Crippen molar-refractivity contribution >= 4 is 33.8 Å². The fraction of sp³-hybridized carbons (Fsp3) is 0.400. The number of anilines is 2. The van der Waals surface area contributed by atoms with E-state index in [2.05, 4.69) is 31.4 Å². The second-order valence-electron chi connectivity index (χ2n) is 10.6. The smallest absolute Gasteiger partial charge is 0.258 e. The molecule has 0 saturated heterocycles. The molecule has 8 heteroatoms. The molecule has 0 spiro atoms. The Bertz CT molecular complexity index is 1310. The molecule has 0 radical (unpaired) electrons. The molecule has 3 aromatic rings. The van der Waals surface area contributed by atoms with Crippen LogP contribution in [0.15, 0.2) is 42.5 Å². The number of amides is 2. The van der Waals surface area contributed by atoms with E-state index in [4.69, 9.17) is 14.2 Å². The number of hydrogen-bond donors (Lipinski definition) is 2. The molecule has 1 unspecified atom stereocenters. The highest BCUT2D eigenvalue weighted by Crippen LogP contribution is 2.44. The average molecular weight is 537 g/mol. The van der Waals surface area contributed by atoms with Crippen molar-refractivity contribution in [3.63, 3.8) is 0 Å². The van der Waals surface area contributed by atoms with Crippen molar-refractivity contribution in [1.29, 1.82) is 0 Å². The second kappa shape index (κ2) is 11.5. The Kier molecular flexibility index (Phi) is 8.31. The van der Waals surface area contributed by atoms with Gasteiger partial charge in [0, 0.05) is 10.6 Å². The van der Waals surface area contributed by atoms with Crippen LogP contribution in [0, 0.1) is 11.3 Å². The van der Waals surface area contributed by atoms with Crippen LogP contribution in [0.4, 0.5) is 10.7 Å². The maximum absolute atomic E-state index is 13.6. The molecular formula is C30H36N2O5S. The normalized spacial score (nSPS) is 14.8. The van der Waals surface area contributed by atoms with E-state index in [1.165, 1.54) is 16.2 Å². The summed E-state index contributed by atoms with van der Waals surface area (Å²) in [7, 11) is 4.75. The third-order valence-electron chi connectivity index (χ3n) is 7.13. The van der Waals surface area contributed by atoms with E-state index in [-0.39, 0.29) is 23.7 Å². The molecule has 0 saturated carbocycles. The molecule has 2 aromatic carbocycles. The molecule has 1 aliphatic carbocycles. The van der Waals surface area contributed by atoms with E-state index in [0.29, 0.717) is 39.4 Å². The molecular weight excluding hydrogens is 500 g/mol. The first-order valence-corrected chi connectivity index (χ1v) is 13.5. The summed E-state index contributed by atoms with van der Waals surface area (Å²) in [6.45, 7) is 6.79. The summed E-state index contributed by atoms with van der Waals surface area (Å²) in [5, 5.41) is 6.65. The highest BCUT2D eigenvalue weighted by atomic mass is 32.1. The van der Waals surface area contributed by atoms with Gasteiger partial charge in [-0.25, -0.2) is 0 Å². The molecule has 1 heterocycles. The number of carbonyl (C=O) groups is 2. The number of fused-ring (bicyclic) bond motifs is 1. The third kappa shape index (κ3) is 6.13. The van der Waals surface area contributed by atoms with Gasteiger partial charge in [0.1, 0.15) is 10.8 Å². The van der Waals surface area contributed by atoms with E-state index in [1.807, 2.05) is 6.07 Å². The van der Waals surface area contributed by atoms with Crippen LogP contribution in [-0.4, -0.2) is 33.1 Å². The lowest BCUT2D eigenvalue weighted by Gasteiger charge is -2.33. The lowest BCUT2D eigenvalue weighted by atomic mass is 9.72. The number of ether oxygens (including phenoxy) is 3. The van der Waals surface area contributed by atoms with Crippen molar-refractivity contribution in [1.82, 2.24) is 0 Å². The van der Waals surface area contributed by atoms with Gasteiger partial charge in [-0.3, -0.25) is 9.59 Å². The molecule has 0 bridgehead atoms. The minimum atomic E-state index is -0.219. The molecule has 1 atom stereocenters. The summed E-state index contributed by atoms with van der Waals surface area (Å²) in [6, 6.07) is 12.6. The number of carbonyl (C=O) groups excluding carboxylic acids is 2. The lowest BCUT2D eigenvalue weighted by molar-refractivity contribution is -0.115. The Morgan fingerprint density at radius 2 is 1.66 bits per heavy atom. The van der Waals surface area contributed by atoms with Crippen LogP contribution in [0.2, 0.25) is 0 Å². The number of rotatable bonds is 8. The fourth-order valence-corrected chi connectivity index (χ4v) is 6.21. The predicted molar refractivity (Wildman–Crippen MR) is 152 cm³/mol. The summed E-state index contributed by atoms with van der Waals surface area (Å²) in [6.07, 6.45) is 2.87. The van der Waals surface area contributed by atoms with E-state index >= 15 is 0 Å². The maximum Gasteiger partial charge on any atom is 0.258 e. The molecule has 0 aliphatic heterocycles. The first-order valence-electron chi connectivity index (χ1n) is 12.7. The Hall–Kier alpha value is -3.52. The van der Waals surface area contributed by atoms with Crippen LogP contribution in [0.5, 0.6) is 17.2 Å². The summed E-state index contributed by atoms with van der Waals surface area (Å²) in [4.78, 5) is 27.9. The molecule has 2 N–H and O–H groups in total. The molecule has 0 fully saturated rings. The van der Waals surface area contributed by atoms with Crippen molar-refractivity contribution in [2.24, 2.45) is 11.3 Å². The predicted octanol–water partition coefficient (Wildman–Crippen LogP) is 6.36. The quantitative estimate of drug-likeness (QED) is 0.350. The van der Waals surface area contributed by atoms with Gasteiger partial charge in [0.25, 0.3) is 5.91 Å². The first-order chi connectivity index (χ1) is 18.1. The number of thiophene rings is 1. The summed E-state index contributed by atoms with van der Waals surface area (Å²) < 4.78 is 15.9. The van der Waals surface area contributed by atoms with Crippen LogP contribution >= 0.6 is 11.3 Å². The number of benzene rings is 2. The number of methoxy groups -OCH3 is 3. The van der Waals surface area contributed by atoms with E-state index in [0.717, 1.165) is 30.4 Å². The van der Waals surface area contributed by atoms with Gasteiger partial charge in [0.05, 0.1) is 33.3 Å². The summed E-state index contributed by atoms with van der Waals surface area (Å²) in [5.74, 6) is 1.99. The highest BCUT2D eigenvalue weighted by molar-refractivity contribution is 7.17. The molecule has 1 aromatic heterocycles. The van der Waals surface area contributed by atoms with Crippen molar-refractivity contribution in [3.05, 3.63) is 64.0 Å². The van der Waals surface area contributed by atoms with E-state index in [1.54, 1.807) is 57.7 Å². The van der Waals surface area contributed by atoms with Crippen molar-refractivity contribution in [2.75, 3.05) is 32.0 Å². The number of nitrogens with one attached hydrogen (secondary N) is 2. The molecule has 2 amide bonds. The minimum absolute atomic E-state index is 0.146. The van der Waals surface area contributed by atoms with Crippen LogP contribution in [0.3, 0.4) is 0 Å². The fourth-order valence-electron chi connectivity index (χ4n) is 4.87. The summed E-state index contributed by atoms with van der Waals surface area (Å²) >= 11 is 1.52.